The van der Waals surface area contributed by atoms with Gasteiger partial charge in [0.15, 0.2) is 0 Å². The van der Waals surface area contributed by atoms with Crippen LogP contribution in [0.25, 0.3) is 0 Å². The van der Waals surface area contributed by atoms with Crippen LogP contribution in [-0.2, 0) is 4.79 Å². The first-order valence-electron chi connectivity index (χ1n) is 6.60. The number of hydrogen-bond acceptors (Lipinski definition) is 3. The van der Waals surface area contributed by atoms with E-state index in [-0.39, 0.29) is 11.7 Å². The third-order valence-corrected chi connectivity index (χ3v) is 3.34. The molecule has 1 unspecified atom stereocenters. The molecule has 0 spiro atoms. The summed E-state index contributed by atoms with van der Waals surface area (Å²) in [5, 5.41) is 5.88. The van der Waals surface area contributed by atoms with Crippen molar-refractivity contribution in [1.29, 1.82) is 0 Å². The fourth-order valence-electron chi connectivity index (χ4n) is 2.48. The zero-order chi connectivity index (χ0) is 13.7. The van der Waals surface area contributed by atoms with Crippen molar-refractivity contribution in [2.45, 2.75) is 6.42 Å². The number of nitrogens with zero attached hydrogens (tertiary/aromatic N) is 1. The number of benzene rings is 1. The molecule has 0 saturated carbocycles. The molecule has 1 aromatic carbocycles. The van der Waals surface area contributed by atoms with Gasteiger partial charge >= 0.3 is 0 Å². The van der Waals surface area contributed by atoms with Crippen LogP contribution in [0.2, 0.25) is 0 Å². The number of hydrogen-bond donors (Lipinski definition) is 2. The molecular formula is C14H20FN3O. The highest BCUT2D eigenvalue weighted by molar-refractivity contribution is 5.92. The molecule has 0 aromatic heterocycles. The Bertz CT molecular complexity index is 438. The molecule has 1 aromatic rings. The average molecular weight is 265 g/mol. The van der Waals surface area contributed by atoms with Gasteiger partial charge in [-0.1, -0.05) is 6.07 Å². The minimum Gasteiger partial charge on any atom is -0.325 e. The van der Waals surface area contributed by atoms with E-state index in [1.54, 1.807) is 12.1 Å². The Morgan fingerprint density at radius 2 is 2.37 bits per heavy atom. The number of carbonyl (C=O) groups is 1. The Hall–Kier alpha value is -1.46. The van der Waals surface area contributed by atoms with Crippen molar-refractivity contribution in [2.24, 2.45) is 5.92 Å². The van der Waals surface area contributed by atoms with E-state index in [1.807, 2.05) is 7.05 Å². The van der Waals surface area contributed by atoms with Gasteiger partial charge in [0.05, 0.1) is 6.54 Å². The standard InChI is InChI=1S/C14H20FN3O/c1-16-8-11-5-6-18(9-11)10-14(19)17-13-4-2-3-12(15)7-13/h2-4,7,11,16H,5-6,8-10H2,1H3,(H,17,19). The molecule has 0 aliphatic carbocycles. The zero-order valence-electron chi connectivity index (χ0n) is 11.2. The van der Waals surface area contributed by atoms with E-state index in [0.717, 1.165) is 26.1 Å². The lowest BCUT2D eigenvalue weighted by Gasteiger charge is -2.15. The van der Waals surface area contributed by atoms with Crippen molar-refractivity contribution in [3.05, 3.63) is 30.1 Å². The molecule has 1 aliphatic heterocycles. The smallest absolute Gasteiger partial charge is 0.238 e. The third-order valence-electron chi connectivity index (χ3n) is 3.34. The fraction of sp³-hybridized carbons (Fsp3) is 0.500. The second-order valence-corrected chi connectivity index (χ2v) is 5.01. The lowest BCUT2D eigenvalue weighted by Crippen LogP contribution is -2.32. The zero-order valence-corrected chi connectivity index (χ0v) is 11.2. The molecule has 5 heteroatoms. The maximum atomic E-state index is 13.0. The third kappa shape index (κ3) is 4.29. The van der Waals surface area contributed by atoms with Crippen molar-refractivity contribution < 1.29 is 9.18 Å². The molecule has 1 fully saturated rings. The first-order valence-corrected chi connectivity index (χ1v) is 6.60. The topological polar surface area (TPSA) is 44.4 Å². The van der Waals surface area contributed by atoms with Crippen LogP contribution in [0.5, 0.6) is 0 Å². The van der Waals surface area contributed by atoms with Crippen LogP contribution in [0.1, 0.15) is 6.42 Å². The minimum atomic E-state index is -0.340. The van der Waals surface area contributed by atoms with Crippen molar-refractivity contribution in [3.63, 3.8) is 0 Å². The molecular weight excluding hydrogens is 245 g/mol. The van der Waals surface area contributed by atoms with Gasteiger partial charge in [-0.25, -0.2) is 4.39 Å². The van der Waals surface area contributed by atoms with Gasteiger partial charge in [0, 0.05) is 12.2 Å². The first kappa shape index (κ1) is 14.0. The Labute approximate surface area is 113 Å². The second-order valence-electron chi connectivity index (χ2n) is 5.01. The van der Waals surface area contributed by atoms with Gasteiger partial charge < -0.3 is 10.6 Å². The fourth-order valence-corrected chi connectivity index (χ4v) is 2.48. The Balaban J connectivity index is 1.79. The van der Waals surface area contributed by atoms with Gasteiger partial charge in [0.25, 0.3) is 0 Å². The van der Waals surface area contributed by atoms with Crippen molar-refractivity contribution in [1.82, 2.24) is 10.2 Å². The van der Waals surface area contributed by atoms with Gasteiger partial charge in [-0.3, -0.25) is 9.69 Å². The maximum absolute atomic E-state index is 13.0. The summed E-state index contributed by atoms with van der Waals surface area (Å²) < 4.78 is 13.0. The van der Waals surface area contributed by atoms with Gasteiger partial charge in [-0.2, -0.15) is 0 Å². The SMILES string of the molecule is CNCC1CCN(CC(=O)Nc2cccc(F)c2)C1. The Morgan fingerprint density at radius 1 is 1.53 bits per heavy atom. The summed E-state index contributed by atoms with van der Waals surface area (Å²) in [5.74, 6) is 0.190. The highest BCUT2D eigenvalue weighted by Gasteiger charge is 2.23. The predicted molar refractivity (Wildman–Crippen MR) is 73.5 cm³/mol. The highest BCUT2D eigenvalue weighted by Crippen LogP contribution is 2.15. The number of likely N-dealkylation sites (tertiary alicyclic amines) is 1. The molecule has 2 rings (SSSR count). The van der Waals surface area contributed by atoms with Crippen LogP contribution in [0, 0.1) is 11.7 Å². The summed E-state index contributed by atoms with van der Waals surface area (Å²) >= 11 is 0. The molecule has 1 aliphatic rings. The summed E-state index contributed by atoms with van der Waals surface area (Å²) in [6, 6.07) is 5.96. The van der Waals surface area contributed by atoms with Crippen LogP contribution < -0.4 is 10.6 Å². The Kier molecular flexibility index (Phi) is 4.87. The van der Waals surface area contributed by atoms with E-state index in [0.29, 0.717) is 18.2 Å². The van der Waals surface area contributed by atoms with E-state index >= 15 is 0 Å². The lowest BCUT2D eigenvalue weighted by atomic mass is 10.1. The van der Waals surface area contributed by atoms with Gasteiger partial charge in [0.1, 0.15) is 5.82 Å². The summed E-state index contributed by atoms with van der Waals surface area (Å²) in [6.07, 6.45) is 1.12. The van der Waals surface area contributed by atoms with Gasteiger partial charge in [0.2, 0.25) is 5.91 Å². The summed E-state index contributed by atoms with van der Waals surface area (Å²) in [7, 11) is 1.94. The maximum Gasteiger partial charge on any atom is 0.238 e. The molecule has 104 valence electrons. The largest absolute Gasteiger partial charge is 0.325 e. The highest BCUT2D eigenvalue weighted by atomic mass is 19.1. The molecule has 19 heavy (non-hydrogen) atoms. The molecule has 4 nitrogen and oxygen atoms in total. The number of halogens is 1. The number of carbonyl (C=O) groups excluding carboxylic acids is 1. The van der Waals surface area contributed by atoms with Crippen molar-refractivity contribution in [2.75, 3.05) is 38.5 Å². The normalized spacial score (nSPS) is 19.6. The van der Waals surface area contributed by atoms with Crippen LogP contribution in [0.3, 0.4) is 0 Å². The molecule has 1 saturated heterocycles. The van der Waals surface area contributed by atoms with Crippen LogP contribution in [0.15, 0.2) is 24.3 Å². The molecule has 0 radical (unpaired) electrons. The second kappa shape index (κ2) is 6.63. The van der Waals surface area contributed by atoms with Gasteiger partial charge in [-0.15, -0.1) is 0 Å². The van der Waals surface area contributed by atoms with Gasteiger partial charge in [-0.05, 0) is 50.7 Å². The van der Waals surface area contributed by atoms with E-state index < -0.39 is 0 Å². The monoisotopic (exact) mass is 265 g/mol. The molecule has 2 N–H and O–H groups in total. The Morgan fingerprint density at radius 3 is 3.11 bits per heavy atom. The quantitative estimate of drug-likeness (QED) is 0.843. The predicted octanol–water partition coefficient (Wildman–Crippen LogP) is 1.31. The van der Waals surface area contributed by atoms with E-state index in [4.69, 9.17) is 0 Å². The summed E-state index contributed by atoms with van der Waals surface area (Å²) in [4.78, 5) is 14.0. The minimum absolute atomic E-state index is 0.0873. The summed E-state index contributed by atoms with van der Waals surface area (Å²) in [5.41, 5.74) is 0.510. The molecule has 1 amide bonds. The number of rotatable bonds is 5. The van der Waals surface area contributed by atoms with Crippen LogP contribution >= 0.6 is 0 Å². The van der Waals surface area contributed by atoms with E-state index in [9.17, 15) is 9.18 Å². The van der Waals surface area contributed by atoms with Crippen LogP contribution in [-0.4, -0.2) is 44.0 Å². The first-order chi connectivity index (χ1) is 9.17. The van der Waals surface area contributed by atoms with Crippen molar-refractivity contribution >= 4 is 11.6 Å². The van der Waals surface area contributed by atoms with Crippen molar-refractivity contribution in [3.8, 4) is 0 Å². The molecule has 1 atom stereocenters. The molecule has 1 heterocycles. The van der Waals surface area contributed by atoms with Crippen LogP contribution in [0.4, 0.5) is 10.1 Å². The number of amides is 1. The molecule has 0 bridgehead atoms. The van der Waals surface area contributed by atoms with E-state index in [1.165, 1.54) is 12.1 Å². The lowest BCUT2D eigenvalue weighted by molar-refractivity contribution is -0.117. The number of anilines is 1. The van der Waals surface area contributed by atoms with E-state index in [2.05, 4.69) is 15.5 Å². The number of nitrogens with one attached hydrogen (secondary N) is 2. The average Bonchev–Trinajstić information content (AvgIpc) is 2.77. The summed E-state index contributed by atoms with van der Waals surface area (Å²) in [6.45, 7) is 3.25.